The van der Waals surface area contributed by atoms with Gasteiger partial charge in [0.15, 0.2) is 5.76 Å². The van der Waals surface area contributed by atoms with Gasteiger partial charge in [0.05, 0.1) is 12.1 Å². The van der Waals surface area contributed by atoms with Crippen molar-refractivity contribution in [3.05, 3.63) is 17.0 Å². The molecule has 1 unspecified atom stereocenters. The van der Waals surface area contributed by atoms with Crippen molar-refractivity contribution in [3.63, 3.8) is 0 Å². The predicted molar refractivity (Wildman–Crippen MR) is 50.5 cm³/mol. The lowest BCUT2D eigenvalue weighted by molar-refractivity contribution is -0.136. The van der Waals surface area contributed by atoms with Crippen LogP contribution >= 0.6 is 0 Å². The molecule has 1 aromatic rings. The molecule has 15 heavy (non-hydrogen) atoms. The summed E-state index contributed by atoms with van der Waals surface area (Å²) >= 11 is 0. The normalized spacial score (nSPS) is 20.7. The van der Waals surface area contributed by atoms with E-state index in [-0.39, 0.29) is 12.5 Å². The minimum atomic E-state index is -0.874. The number of hydrogen-bond acceptors (Lipinski definition) is 4. The number of ether oxygens (including phenoxy) is 1. The molecule has 0 saturated carbocycles. The van der Waals surface area contributed by atoms with Gasteiger partial charge in [0, 0.05) is 12.2 Å². The van der Waals surface area contributed by atoms with Gasteiger partial charge in [-0.25, -0.2) is 0 Å². The second-order valence-electron chi connectivity index (χ2n) is 3.68. The van der Waals surface area contributed by atoms with Gasteiger partial charge in [0.1, 0.15) is 6.10 Å². The van der Waals surface area contributed by atoms with E-state index in [4.69, 9.17) is 14.4 Å². The summed E-state index contributed by atoms with van der Waals surface area (Å²) in [5.74, 6) is -0.284. The van der Waals surface area contributed by atoms with Crippen molar-refractivity contribution in [2.24, 2.45) is 0 Å². The predicted octanol–water partition coefficient (Wildman–Crippen LogP) is 1.46. The molecule has 5 heteroatoms. The molecule has 2 rings (SSSR count). The molecule has 0 bridgehead atoms. The highest BCUT2D eigenvalue weighted by Crippen LogP contribution is 2.32. The van der Waals surface area contributed by atoms with Gasteiger partial charge >= 0.3 is 5.97 Å². The number of carbonyl (C=O) groups is 1. The van der Waals surface area contributed by atoms with Crippen LogP contribution in [0.25, 0.3) is 0 Å². The fourth-order valence-electron chi connectivity index (χ4n) is 1.81. The molecule has 0 radical (unpaired) electrons. The fraction of sp³-hybridized carbons (Fsp3) is 0.600. The topological polar surface area (TPSA) is 72.6 Å². The molecule has 0 aromatic carbocycles. The van der Waals surface area contributed by atoms with Gasteiger partial charge in [0.25, 0.3) is 0 Å². The average Bonchev–Trinajstić information content (AvgIpc) is 2.76. The Balaban J connectivity index is 2.25. The summed E-state index contributed by atoms with van der Waals surface area (Å²) in [5, 5.41) is 12.6. The van der Waals surface area contributed by atoms with Gasteiger partial charge in [-0.2, -0.15) is 0 Å². The lowest BCUT2D eigenvalue weighted by atomic mass is 10.1. The lowest BCUT2D eigenvalue weighted by Crippen LogP contribution is -2.05. The van der Waals surface area contributed by atoms with Gasteiger partial charge in [-0.1, -0.05) is 5.16 Å². The van der Waals surface area contributed by atoms with Crippen molar-refractivity contribution < 1.29 is 19.2 Å². The van der Waals surface area contributed by atoms with E-state index in [0.29, 0.717) is 23.6 Å². The standard InChI is InChI=1S/C10H13NO4/c1-6-7(5-9(12)13)10(15-11-6)8-3-2-4-14-8/h8H,2-5H2,1H3,(H,12,13). The Morgan fingerprint density at radius 2 is 2.47 bits per heavy atom. The first-order valence-electron chi connectivity index (χ1n) is 4.97. The maximum Gasteiger partial charge on any atom is 0.308 e. The van der Waals surface area contributed by atoms with Gasteiger partial charge < -0.3 is 14.4 Å². The molecule has 1 N–H and O–H groups in total. The van der Waals surface area contributed by atoms with Crippen molar-refractivity contribution in [3.8, 4) is 0 Å². The van der Waals surface area contributed by atoms with Crippen molar-refractivity contribution >= 4 is 5.97 Å². The molecule has 0 amide bonds. The monoisotopic (exact) mass is 211 g/mol. The Morgan fingerprint density at radius 3 is 3.07 bits per heavy atom. The van der Waals surface area contributed by atoms with Crippen LogP contribution in [0, 0.1) is 6.92 Å². The highest BCUT2D eigenvalue weighted by molar-refractivity contribution is 5.70. The molecule has 0 spiro atoms. The summed E-state index contributed by atoms with van der Waals surface area (Å²) in [6.07, 6.45) is 1.70. The van der Waals surface area contributed by atoms with Crippen LogP contribution < -0.4 is 0 Å². The third kappa shape index (κ3) is 2.02. The van der Waals surface area contributed by atoms with E-state index in [2.05, 4.69) is 5.16 Å². The number of aryl methyl sites for hydroxylation is 1. The summed E-state index contributed by atoms with van der Waals surface area (Å²) < 4.78 is 10.6. The molecule has 1 aromatic heterocycles. The molecule has 82 valence electrons. The number of carboxylic acid groups (broad SMARTS) is 1. The van der Waals surface area contributed by atoms with Crippen LogP contribution in [0.5, 0.6) is 0 Å². The van der Waals surface area contributed by atoms with E-state index in [9.17, 15) is 4.79 Å². The van der Waals surface area contributed by atoms with Crippen LogP contribution in [0.4, 0.5) is 0 Å². The quantitative estimate of drug-likeness (QED) is 0.819. The Morgan fingerprint density at radius 1 is 1.67 bits per heavy atom. The van der Waals surface area contributed by atoms with Crippen LogP contribution in [-0.4, -0.2) is 22.8 Å². The second-order valence-corrected chi connectivity index (χ2v) is 3.68. The summed E-state index contributed by atoms with van der Waals surface area (Å²) in [7, 11) is 0. The summed E-state index contributed by atoms with van der Waals surface area (Å²) in [5.41, 5.74) is 1.30. The number of hydrogen-bond donors (Lipinski definition) is 1. The summed E-state index contributed by atoms with van der Waals surface area (Å²) in [6.45, 7) is 2.46. The van der Waals surface area contributed by atoms with Gasteiger partial charge in [-0.3, -0.25) is 4.79 Å². The van der Waals surface area contributed by atoms with Gasteiger partial charge in [-0.05, 0) is 19.8 Å². The van der Waals surface area contributed by atoms with Crippen LogP contribution in [0.3, 0.4) is 0 Å². The van der Waals surface area contributed by atoms with E-state index in [1.54, 1.807) is 6.92 Å². The molecule has 1 aliphatic heterocycles. The fourth-order valence-corrected chi connectivity index (χ4v) is 1.81. The zero-order valence-corrected chi connectivity index (χ0v) is 8.52. The highest BCUT2D eigenvalue weighted by Gasteiger charge is 2.27. The summed E-state index contributed by atoms with van der Waals surface area (Å²) in [4.78, 5) is 10.7. The zero-order chi connectivity index (χ0) is 10.8. The van der Waals surface area contributed by atoms with E-state index < -0.39 is 5.97 Å². The molecular formula is C10H13NO4. The SMILES string of the molecule is Cc1noc(C2CCCO2)c1CC(=O)O. The third-order valence-corrected chi connectivity index (χ3v) is 2.57. The highest BCUT2D eigenvalue weighted by atomic mass is 16.5. The first kappa shape index (κ1) is 10.2. The van der Waals surface area contributed by atoms with E-state index in [1.165, 1.54) is 0 Å². The van der Waals surface area contributed by atoms with E-state index >= 15 is 0 Å². The molecular weight excluding hydrogens is 198 g/mol. The number of aromatic nitrogens is 1. The first-order valence-corrected chi connectivity index (χ1v) is 4.97. The third-order valence-electron chi connectivity index (χ3n) is 2.57. The van der Waals surface area contributed by atoms with E-state index in [1.807, 2.05) is 0 Å². The second kappa shape index (κ2) is 4.02. The molecule has 1 saturated heterocycles. The molecule has 5 nitrogen and oxygen atoms in total. The van der Waals surface area contributed by atoms with Crippen molar-refractivity contribution in [1.82, 2.24) is 5.16 Å². The first-order chi connectivity index (χ1) is 7.18. The lowest BCUT2D eigenvalue weighted by Gasteiger charge is -2.06. The Labute approximate surface area is 87.0 Å². The molecule has 1 aliphatic rings. The number of rotatable bonds is 3. The molecule has 1 fully saturated rings. The number of aliphatic carboxylic acids is 1. The van der Waals surface area contributed by atoms with Crippen LogP contribution in [0.15, 0.2) is 4.52 Å². The Hall–Kier alpha value is -1.36. The van der Waals surface area contributed by atoms with Crippen molar-refractivity contribution in [2.75, 3.05) is 6.61 Å². The summed E-state index contributed by atoms with van der Waals surface area (Å²) in [6, 6.07) is 0. The van der Waals surface area contributed by atoms with Gasteiger partial charge in [0.2, 0.25) is 0 Å². The molecule has 2 heterocycles. The van der Waals surface area contributed by atoms with Crippen LogP contribution in [-0.2, 0) is 16.0 Å². The molecule has 1 atom stereocenters. The van der Waals surface area contributed by atoms with Crippen molar-refractivity contribution in [2.45, 2.75) is 32.3 Å². The Kier molecular flexibility index (Phi) is 2.73. The zero-order valence-electron chi connectivity index (χ0n) is 8.52. The van der Waals surface area contributed by atoms with E-state index in [0.717, 1.165) is 12.8 Å². The van der Waals surface area contributed by atoms with Gasteiger partial charge in [-0.15, -0.1) is 0 Å². The number of nitrogens with zero attached hydrogens (tertiary/aromatic N) is 1. The minimum absolute atomic E-state index is 0.0511. The average molecular weight is 211 g/mol. The maximum absolute atomic E-state index is 10.7. The largest absolute Gasteiger partial charge is 0.481 e. The van der Waals surface area contributed by atoms with Crippen molar-refractivity contribution in [1.29, 1.82) is 0 Å². The Bertz CT molecular complexity index is 365. The van der Waals surface area contributed by atoms with Crippen LogP contribution in [0.2, 0.25) is 0 Å². The number of carboxylic acids is 1. The maximum atomic E-state index is 10.7. The smallest absolute Gasteiger partial charge is 0.308 e. The molecule has 0 aliphatic carbocycles. The van der Waals surface area contributed by atoms with Crippen LogP contribution in [0.1, 0.15) is 36.0 Å². The minimum Gasteiger partial charge on any atom is -0.481 e.